The van der Waals surface area contributed by atoms with Crippen LogP contribution in [-0.4, -0.2) is 17.4 Å². The van der Waals surface area contributed by atoms with Gasteiger partial charge in [0.05, 0.1) is 5.56 Å². The molecule has 0 bridgehead atoms. The Hall–Kier alpha value is -1.45. The van der Waals surface area contributed by atoms with E-state index in [1.54, 1.807) is 6.07 Å². The van der Waals surface area contributed by atoms with Gasteiger partial charge < -0.3 is 5.32 Å². The molecule has 1 amide bonds. The van der Waals surface area contributed by atoms with Crippen molar-refractivity contribution in [3.63, 3.8) is 0 Å². The zero-order chi connectivity index (χ0) is 13.6. The number of amides is 1. The summed E-state index contributed by atoms with van der Waals surface area (Å²) in [6.07, 6.45) is 1.33. The fraction of sp³-hybridized carbons (Fsp3) is 0.571. The molecule has 1 aromatic rings. The van der Waals surface area contributed by atoms with Crippen LogP contribution in [0, 0.1) is 22.7 Å². The monoisotopic (exact) mass is 250 g/mol. The normalized spacial score (nSPS) is 20.5. The second-order valence-corrected chi connectivity index (χ2v) is 6.05. The molecule has 0 unspecified atom stereocenters. The van der Waals surface area contributed by atoms with Gasteiger partial charge in [-0.15, -0.1) is 0 Å². The van der Waals surface area contributed by atoms with E-state index in [1.807, 2.05) is 0 Å². The van der Waals surface area contributed by atoms with Gasteiger partial charge in [0, 0.05) is 12.7 Å². The molecule has 0 saturated heterocycles. The van der Waals surface area contributed by atoms with Crippen LogP contribution in [-0.2, 0) is 0 Å². The molecule has 0 aliphatic heterocycles. The Balaban J connectivity index is 1.97. The second-order valence-electron chi connectivity index (χ2n) is 6.05. The van der Waals surface area contributed by atoms with Gasteiger partial charge in [-0.05, 0) is 28.9 Å². The topological polar surface area (TPSA) is 42.0 Å². The number of hydrogen-bond donors (Lipinski definition) is 1. The zero-order valence-corrected chi connectivity index (χ0v) is 11.2. The minimum atomic E-state index is -0.718. The van der Waals surface area contributed by atoms with Gasteiger partial charge in [0.2, 0.25) is 5.95 Å². The Labute approximate surface area is 107 Å². The smallest absolute Gasteiger partial charge is 0.255 e. The van der Waals surface area contributed by atoms with E-state index in [0.717, 1.165) is 0 Å². The van der Waals surface area contributed by atoms with E-state index in [0.29, 0.717) is 12.5 Å². The summed E-state index contributed by atoms with van der Waals surface area (Å²) in [5.41, 5.74) is 0.440. The highest BCUT2D eigenvalue weighted by atomic mass is 19.1. The molecule has 1 aromatic heterocycles. The Bertz CT molecular complexity index is 468. The fourth-order valence-corrected chi connectivity index (χ4v) is 2.69. The number of aromatic nitrogens is 1. The molecule has 2 rings (SSSR count). The molecule has 1 N–H and O–H groups in total. The van der Waals surface area contributed by atoms with E-state index in [4.69, 9.17) is 0 Å². The van der Waals surface area contributed by atoms with Crippen molar-refractivity contribution >= 4 is 5.91 Å². The van der Waals surface area contributed by atoms with Crippen molar-refractivity contribution < 1.29 is 9.18 Å². The lowest BCUT2D eigenvalue weighted by molar-refractivity contribution is 0.0945. The van der Waals surface area contributed by atoms with E-state index >= 15 is 0 Å². The van der Waals surface area contributed by atoms with Gasteiger partial charge in [-0.1, -0.05) is 27.7 Å². The Morgan fingerprint density at radius 1 is 1.39 bits per heavy atom. The molecule has 3 nitrogen and oxygen atoms in total. The van der Waals surface area contributed by atoms with Crippen molar-refractivity contribution in [1.29, 1.82) is 0 Å². The number of hydrogen-bond acceptors (Lipinski definition) is 2. The molecule has 1 aliphatic rings. The van der Waals surface area contributed by atoms with Crippen LogP contribution in [0.5, 0.6) is 0 Å². The lowest BCUT2D eigenvalue weighted by Crippen LogP contribution is -2.28. The molecule has 18 heavy (non-hydrogen) atoms. The molecular weight excluding hydrogens is 231 g/mol. The van der Waals surface area contributed by atoms with Crippen LogP contribution in [0.25, 0.3) is 0 Å². The summed E-state index contributed by atoms with van der Waals surface area (Å²) in [4.78, 5) is 15.3. The Kier molecular flexibility index (Phi) is 2.92. The van der Waals surface area contributed by atoms with Gasteiger partial charge in [-0.3, -0.25) is 4.79 Å². The highest BCUT2D eigenvalue weighted by molar-refractivity contribution is 5.94. The van der Waals surface area contributed by atoms with Gasteiger partial charge in [0.25, 0.3) is 5.91 Å². The molecule has 98 valence electrons. The van der Waals surface area contributed by atoms with Crippen LogP contribution < -0.4 is 5.32 Å². The van der Waals surface area contributed by atoms with Crippen molar-refractivity contribution in [2.75, 3.05) is 6.54 Å². The molecule has 0 aromatic carbocycles. The van der Waals surface area contributed by atoms with Crippen LogP contribution in [0.1, 0.15) is 38.1 Å². The van der Waals surface area contributed by atoms with Gasteiger partial charge >= 0.3 is 0 Å². The number of rotatable bonds is 3. The lowest BCUT2D eigenvalue weighted by Gasteiger charge is -2.06. The third-order valence-corrected chi connectivity index (χ3v) is 4.79. The van der Waals surface area contributed by atoms with Crippen molar-refractivity contribution in [3.05, 3.63) is 29.8 Å². The van der Waals surface area contributed by atoms with Crippen molar-refractivity contribution in [1.82, 2.24) is 10.3 Å². The van der Waals surface area contributed by atoms with E-state index in [1.165, 1.54) is 12.3 Å². The first-order chi connectivity index (χ1) is 8.28. The maximum absolute atomic E-state index is 13.3. The second kappa shape index (κ2) is 4.04. The number of nitrogens with one attached hydrogen (secondary N) is 1. The predicted octanol–water partition coefficient (Wildman–Crippen LogP) is 2.63. The largest absolute Gasteiger partial charge is 0.352 e. The Morgan fingerprint density at radius 3 is 2.50 bits per heavy atom. The highest BCUT2D eigenvalue weighted by Gasteiger charge is 2.64. The van der Waals surface area contributed by atoms with E-state index in [-0.39, 0.29) is 22.3 Å². The quantitative estimate of drug-likeness (QED) is 0.838. The average molecular weight is 250 g/mol. The molecule has 0 atom stereocenters. The van der Waals surface area contributed by atoms with Crippen LogP contribution in [0.3, 0.4) is 0 Å². The zero-order valence-electron chi connectivity index (χ0n) is 11.2. The molecule has 4 heteroatoms. The summed E-state index contributed by atoms with van der Waals surface area (Å²) in [5, 5.41) is 2.79. The third kappa shape index (κ3) is 1.89. The maximum Gasteiger partial charge on any atom is 0.255 e. The number of nitrogens with zero attached hydrogens (tertiary/aromatic N) is 1. The van der Waals surface area contributed by atoms with Gasteiger partial charge in [0.1, 0.15) is 0 Å². The van der Waals surface area contributed by atoms with Gasteiger partial charge in [-0.25, -0.2) is 4.98 Å². The summed E-state index contributed by atoms with van der Waals surface area (Å²) in [6.45, 7) is 9.33. The summed E-state index contributed by atoms with van der Waals surface area (Å²) in [6, 6.07) is 3.00. The average Bonchev–Trinajstić information content (AvgIpc) is 2.67. The molecular formula is C14H19FN2O. The van der Waals surface area contributed by atoms with Crippen LogP contribution in [0.4, 0.5) is 4.39 Å². The number of carbonyl (C=O) groups is 1. The number of carbonyl (C=O) groups excluding carboxylic acids is 1. The van der Waals surface area contributed by atoms with Crippen molar-refractivity contribution in [2.24, 2.45) is 16.7 Å². The fourth-order valence-electron chi connectivity index (χ4n) is 2.69. The first kappa shape index (κ1) is 13.0. The first-order valence-electron chi connectivity index (χ1n) is 6.17. The third-order valence-electron chi connectivity index (χ3n) is 4.79. The van der Waals surface area contributed by atoms with Crippen LogP contribution >= 0.6 is 0 Å². The van der Waals surface area contributed by atoms with E-state index in [9.17, 15) is 9.18 Å². The molecule has 1 aliphatic carbocycles. The molecule has 1 heterocycles. The number of halogens is 1. The maximum atomic E-state index is 13.3. The molecule has 1 saturated carbocycles. The molecule has 1 fully saturated rings. The lowest BCUT2D eigenvalue weighted by atomic mass is 10.0. The molecule has 0 radical (unpaired) electrons. The highest BCUT2D eigenvalue weighted by Crippen LogP contribution is 2.67. The minimum absolute atomic E-state index is 0.00811. The summed E-state index contributed by atoms with van der Waals surface area (Å²) in [7, 11) is 0. The standard InChI is InChI=1S/C14H19FN2O/c1-13(2)10(14(13,3)4)8-17-12(18)9-6-5-7-16-11(9)15/h5-7,10H,8H2,1-4H3,(H,17,18). The SMILES string of the molecule is CC1(C)C(CNC(=O)c2cccnc2F)C1(C)C. The van der Waals surface area contributed by atoms with Gasteiger partial charge in [0.15, 0.2) is 0 Å². The number of pyridine rings is 1. The predicted molar refractivity (Wildman–Crippen MR) is 67.6 cm³/mol. The van der Waals surface area contributed by atoms with Gasteiger partial charge in [-0.2, -0.15) is 4.39 Å². The van der Waals surface area contributed by atoms with Crippen molar-refractivity contribution in [3.8, 4) is 0 Å². The van der Waals surface area contributed by atoms with E-state index < -0.39 is 5.95 Å². The summed E-state index contributed by atoms with van der Waals surface area (Å²) >= 11 is 0. The van der Waals surface area contributed by atoms with Crippen LogP contribution in [0.15, 0.2) is 18.3 Å². The van der Waals surface area contributed by atoms with E-state index in [2.05, 4.69) is 38.0 Å². The molecule has 0 spiro atoms. The summed E-state index contributed by atoms with van der Waals surface area (Å²) < 4.78 is 13.3. The van der Waals surface area contributed by atoms with Crippen molar-refractivity contribution in [2.45, 2.75) is 27.7 Å². The minimum Gasteiger partial charge on any atom is -0.352 e. The summed E-state index contributed by atoms with van der Waals surface area (Å²) in [5.74, 6) is -0.683. The Morgan fingerprint density at radius 2 is 2.00 bits per heavy atom. The first-order valence-corrected chi connectivity index (χ1v) is 6.17. The van der Waals surface area contributed by atoms with Crippen LogP contribution in [0.2, 0.25) is 0 Å².